The van der Waals surface area contributed by atoms with Crippen molar-refractivity contribution >= 4 is 33.4 Å². The molecule has 2 aromatic carbocycles. The largest absolute Gasteiger partial charge is 0.497 e. The van der Waals surface area contributed by atoms with Crippen molar-refractivity contribution in [1.82, 2.24) is 4.90 Å². The van der Waals surface area contributed by atoms with Crippen LogP contribution < -0.4 is 10.1 Å². The summed E-state index contributed by atoms with van der Waals surface area (Å²) in [6.45, 7) is 0.947. The van der Waals surface area contributed by atoms with Crippen LogP contribution in [0.4, 0.5) is 5.69 Å². The Bertz CT molecular complexity index is 794. The third-order valence-electron chi connectivity index (χ3n) is 4.19. The van der Waals surface area contributed by atoms with Gasteiger partial charge in [-0.1, -0.05) is 34.1 Å². The maximum atomic E-state index is 12.5. The predicted molar refractivity (Wildman–Crippen MR) is 99.3 cm³/mol. The Morgan fingerprint density at radius 2 is 2.08 bits per heavy atom. The molecule has 1 aliphatic heterocycles. The molecule has 0 aliphatic carbocycles. The van der Waals surface area contributed by atoms with Crippen LogP contribution >= 0.6 is 15.9 Å². The van der Waals surface area contributed by atoms with Gasteiger partial charge in [-0.25, -0.2) is 0 Å². The normalized spacial score (nSPS) is 16.8. The van der Waals surface area contributed by atoms with Crippen molar-refractivity contribution in [3.05, 3.63) is 58.6 Å². The van der Waals surface area contributed by atoms with Crippen LogP contribution in [0.15, 0.2) is 53.0 Å². The number of amides is 2. The molecule has 0 radical (unpaired) electrons. The summed E-state index contributed by atoms with van der Waals surface area (Å²) in [6, 6.07) is 15.0. The molecule has 5 nitrogen and oxygen atoms in total. The molecule has 0 spiro atoms. The molecule has 130 valence electrons. The van der Waals surface area contributed by atoms with Crippen LogP contribution in [0.25, 0.3) is 0 Å². The van der Waals surface area contributed by atoms with Gasteiger partial charge in [0.25, 0.3) is 0 Å². The highest BCUT2D eigenvalue weighted by molar-refractivity contribution is 9.10. The number of anilines is 1. The molecule has 1 fully saturated rings. The summed E-state index contributed by atoms with van der Waals surface area (Å²) in [6.07, 6.45) is 0.240. The van der Waals surface area contributed by atoms with E-state index < -0.39 is 0 Å². The summed E-state index contributed by atoms with van der Waals surface area (Å²) >= 11 is 3.43. The number of nitrogens with one attached hydrogen (secondary N) is 1. The predicted octanol–water partition coefficient (Wildman–Crippen LogP) is 3.44. The lowest BCUT2D eigenvalue weighted by atomic mass is 10.1. The van der Waals surface area contributed by atoms with Crippen molar-refractivity contribution in [3.63, 3.8) is 0 Å². The van der Waals surface area contributed by atoms with E-state index in [1.165, 1.54) is 0 Å². The van der Waals surface area contributed by atoms with E-state index in [1.54, 1.807) is 24.1 Å². The minimum absolute atomic E-state index is 0.00534. The van der Waals surface area contributed by atoms with Gasteiger partial charge in [-0.05, 0) is 29.8 Å². The molecule has 1 saturated heterocycles. The van der Waals surface area contributed by atoms with Crippen LogP contribution in [-0.2, 0) is 16.1 Å². The minimum Gasteiger partial charge on any atom is -0.497 e. The molecule has 2 amide bonds. The maximum absolute atomic E-state index is 12.5. The highest BCUT2D eigenvalue weighted by atomic mass is 79.9. The monoisotopic (exact) mass is 402 g/mol. The van der Waals surface area contributed by atoms with Crippen molar-refractivity contribution in [2.75, 3.05) is 19.0 Å². The second-order valence-electron chi connectivity index (χ2n) is 6.03. The lowest BCUT2D eigenvalue weighted by Crippen LogP contribution is -2.28. The molecule has 0 aromatic heterocycles. The third kappa shape index (κ3) is 4.39. The standard InChI is InChI=1S/C19H19BrN2O3/c1-25-17-7-3-6-16(10-17)21-19(24)14-9-18(23)22(12-14)11-13-4-2-5-15(20)8-13/h2-8,10,14H,9,11-12H2,1H3,(H,21,24)/t14-/m0/s1. The molecule has 6 heteroatoms. The number of halogens is 1. The molecular formula is C19H19BrN2O3. The molecule has 1 heterocycles. The molecular weight excluding hydrogens is 384 g/mol. The Morgan fingerprint density at radius 3 is 2.84 bits per heavy atom. The molecule has 0 saturated carbocycles. The van der Waals surface area contributed by atoms with Gasteiger partial charge in [0.1, 0.15) is 5.75 Å². The second kappa shape index (κ2) is 7.70. The molecule has 1 aliphatic rings. The quantitative estimate of drug-likeness (QED) is 0.832. The van der Waals surface area contributed by atoms with Gasteiger partial charge in [0.15, 0.2) is 0 Å². The highest BCUT2D eigenvalue weighted by Crippen LogP contribution is 2.24. The number of rotatable bonds is 5. The topological polar surface area (TPSA) is 58.6 Å². The Balaban J connectivity index is 1.62. The summed E-state index contributed by atoms with van der Waals surface area (Å²) in [4.78, 5) is 26.5. The molecule has 0 unspecified atom stereocenters. The van der Waals surface area contributed by atoms with Gasteiger partial charge in [-0.2, -0.15) is 0 Å². The van der Waals surface area contributed by atoms with Crippen LogP contribution in [0.3, 0.4) is 0 Å². The minimum atomic E-state index is -0.342. The number of carbonyl (C=O) groups is 2. The number of likely N-dealkylation sites (tertiary alicyclic amines) is 1. The number of hydrogen-bond donors (Lipinski definition) is 1. The van der Waals surface area contributed by atoms with Crippen LogP contribution in [0.2, 0.25) is 0 Å². The van der Waals surface area contributed by atoms with Gasteiger partial charge in [0, 0.05) is 35.7 Å². The summed E-state index contributed by atoms with van der Waals surface area (Å²) < 4.78 is 6.13. The van der Waals surface area contributed by atoms with Crippen molar-refractivity contribution in [1.29, 1.82) is 0 Å². The molecule has 3 rings (SSSR count). The first kappa shape index (κ1) is 17.5. The third-order valence-corrected chi connectivity index (χ3v) is 4.68. The van der Waals surface area contributed by atoms with E-state index in [9.17, 15) is 9.59 Å². The van der Waals surface area contributed by atoms with Crippen LogP contribution in [-0.4, -0.2) is 30.4 Å². The number of methoxy groups -OCH3 is 1. The lowest BCUT2D eigenvalue weighted by molar-refractivity contribution is -0.128. The zero-order chi connectivity index (χ0) is 17.8. The smallest absolute Gasteiger partial charge is 0.229 e. The molecule has 25 heavy (non-hydrogen) atoms. The first-order valence-corrected chi connectivity index (χ1v) is 8.81. The molecule has 2 aromatic rings. The molecule has 1 N–H and O–H groups in total. The van der Waals surface area contributed by atoms with E-state index in [2.05, 4.69) is 21.2 Å². The highest BCUT2D eigenvalue weighted by Gasteiger charge is 2.34. The Labute approximate surface area is 155 Å². The van der Waals surface area contributed by atoms with Gasteiger partial charge in [-0.15, -0.1) is 0 Å². The summed E-state index contributed by atoms with van der Waals surface area (Å²) in [7, 11) is 1.58. The maximum Gasteiger partial charge on any atom is 0.229 e. The Hall–Kier alpha value is -2.34. The Morgan fingerprint density at radius 1 is 1.28 bits per heavy atom. The Kier molecular flexibility index (Phi) is 5.38. The van der Waals surface area contributed by atoms with Gasteiger partial charge in [0.05, 0.1) is 13.0 Å². The number of hydrogen-bond acceptors (Lipinski definition) is 3. The van der Waals surface area contributed by atoms with Gasteiger partial charge in [0.2, 0.25) is 11.8 Å². The van der Waals surface area contributed by atoms with Crippen molar-refractivity contribution in [2.24, 2.45) is 5.92 Å². The van der Waals surface area contributed by atoms with Gasteiger partial charge < -0.3 is 15.0 Å². The van der Waals surface area contributed by atoms with E-state index >= 15 is 0 Å². The number of nitrogens with zero attached hydrogens (tertiary/aromatic N) is 1. The zero-order valence-corrected chi connectivity index (χ0v) is 15.5. The van der Waals surface area contributed by atoms with Crippen LogP contribution in [0, 0.1) is 5.92 Å². The first-order valence-electron chi connectivity index (χ1n) is 8.02. The van der Waals surface area contributed by atoms with E-state index in [-0.39, 0.29) is 24.2 Å². The zero-order valence-electron chi connectivity index (χ0n) is 13.9. The van der Waals surface area contributed by atoms with E-state index in [4.69, 9.17) is 4.74 Å². The summed E-state index contributed by atoms with van der Waals surface area (Å²) in [5, 5.41) is 2.87. The van der Waals surface area contributed by atoms with Gasteiger partial charge >= 0.3 is 0 Å². The number of ether oxygens (including phenoxy) is 1. The average Bonchev–Trinajstić information content (AvgIpc) is 2.96. The van der Waals surface area contributed by atoms with Gasteiger partial charge in [-0.3, -0.25) is 9.59 Å². The molecule has 1 atom stereocenters. The average molecular weight is 403 g/mol. The number of benzene rings is 2. The number of carbonyl (C=O) groups excluding carboxylic acids is 2. The fourth-order valence-electron chi connectivity index (χ4n) is 2.90. The van der Waals surface area contributed by atoms with Crippen LogP contribution in [0.1, 0.15) is 12.0 Å². The van der Waals surface area contributed by atoms with Crippen LogP contribution in [0.5, 0.6) is 5.75 Å². The molecule has 0 bridgehead atoms. The van der Waals surface area contributed by atoms with E-state index in [0.29, 0.717) is 24.5 Å². The van der Waals surface area contributed by atoms with Crippen molar-refractivity contribution < 1.29 is 14.3 Å². The lowest BCUT2D eigenvalue weighted by Gasteiger charge is -2.17. The summed E-state index contributed by atoms with van der Waals surface area (Å²) in [5.74, 6) is 0.201. The first-order chi connectivity index (χ1) is 12.0. The fourth-order valence-corrected chi connectivity index (χ4v) is 3.35. The summed E-state index contributed by atoms with van der Waals surface area (Å²) in [5.41, 5.74) is 1.71. The van der Waals surface area contributed by atoms with E-state index in [1.807, 2.05) is 36.4 Å². The fraction of sp³-hybridized carbons (Fsp3) is 0.263. The van der Waals surface area contributed by atoms with E-state index in [0.717, 1.165) is 10.0 Å². The van der Waals surface area contributed by atoms with Crippen molar-refractivity contribution in [3.8, 4) is 5.75 Å². The SMILES string of the molecule is COc1cccc(NC(=O)[C@H]2CC(=O)N(Cc3cccc(Br)c3)C2)c1. The van der Waals surface area contributed by atoms with Crippen molar-refractivity contribution in [2.45, 2.75) is 13.0 Å². The second-order valence-corrected chi connectivity index (χ2v) is 6.94.